The third-order valence-corrected chi connectivity index (χ3v) is 9.88. The normalized spacial score (nSPS) is 15.2. The number of allylic oxidation sites excluding steroid dienone is 4. The third kappa shape index (κ3) is 5.40. The lowest BCUT2D eigenvalue weighted by Gasteiger charge is -2.33. The first-order chi connectivity index (χ1) is 24.7. The van der Waals surface area contributed by atoms with Gasteiger partial charge in [-0.25, -0.2) is 4.98 Å². The van der Waals surface area contributed by atoms with E-state index in [2.05, 4.69) is 189 Å². The van der Waals surface area contributed by atoms with Crippen LogP contribution in [0.3, 0.4) is 0 Å². The van der Waals surface area contributed by atoms with Gasteiger partial charge in [-0.15, -0.1) is 0 Å². The molecule has 0 amide bonds. The highest BCUT2D eigenvalue weighted by molar-refractivity contribution is 5.89. The van der Waals surface area contributed by atoms with Crippen molar-refractivity contribution in [3.05, 3.63) is 210 Å². The highest BCUT2D eigenvalue weighted by Crippen LogP contribution is 2.56. The number of hydrogen-bond acceptors (Lipinski definition) is 2. The van der Waals surface area contributed by atoms with Gasteiger partial charge in [0.05, 0.1) is 16.8 Å². The van der Waals surface area contributed by atoms with Crippen LogP contribution in [-0.4, -0.2) is 9.97 Å². The summed E-state index contributed by atoms with van der Waals surface area (Å²) in [4.78, 5) is 9.61. The van der Waals surface area contributed by atoms with Crippen molar-refractivity contribution in [1.82, 2.24) is 9.97 Å². The Morgan fingerprint density at radius 1 is 0.560 bits per heavy atom. The summed E-state index contributed by atoms with van der Waals surface area (Å²) >= 11 is 0. The van der Waals surface area contributed by atoms with Gasteiger partial charge in [-0.3, -0.25) is 4.98 Å². The maximum Gasteiger partial charge on any atom is 0.0715 e. The fourth-order valence-corrected chi connectivity index (χ4v) is 7.66. The van der Waals surface area contributed by atoms with Gasteiger partial charge in [0.2, 0.25) is 0 Å². The van der Waals surface area contributed by atoms with E-state index in [0.29, 0.717) is 0 Å². The molecule has 7 aromatic rings. The van der Waals surface area contributed by atoms with Gasteiger partial charge in [-0.05, 0) is 99.3 Å². The van der Waals surface area contributed by atoms with Gasteiger partial charge in [0.15, 0.2) is 0 Å². The quantitative estimate of drug-likeness (QED) is 0.154. The zero-order valence-electron chi connectivity index (χ0n) is 28.4. The standard InChI is InChI=1S/C48H38N2/c1-3-13-34(14-4-2)35-21-23-37(24-22-35)47-33-39(32-46(50-47)36-15-7-5-8-16-36)38-25-26-45-43(31-38)42-19-11-12-20-44(42)48(45,40-17-9-6-10-18-40)41-27-29-49-30-28-41/h3,5-33H,4H2,1-2H3/b13-3-,34-14+. The summed E-state index contributed by atoms with van der Waals surface area (Å²) < 4.78 is 0. The second-order valence-corrected chi connectivity index (χ2v) is 12.8. The Kier molecular flexibility index (Phi) is 8.36. The Hall–Kier alpha value is -6.12. The van der Waals surface area contributed by atoms with Crippen molar-refractivity contribution < 1.29 is 0 Å². The number of fused-ring (bicyclic) bond motifs is 3. The van der Waals surface area contributed by atoms with Gasteiger partial charge in [-0.2, -0.15) is 0 Å². The van der Waals surface area contributed by atoms with Crippen LogP contribution < -0.4 is 0 Å². The van der Waals surface area contributed by atoms with E-state index >= 15 is 0 Å². The highest BCUT2D eigenvalue weighted by Gasteiger charge is 2.46. The van der Waals surface area contributed by atoms with Crippen LogP contribution >= 0.6 is 0 Å². The van der Waals surface area contributed by atoms with Crippen LogP contribution in [0.5, 0.6) is 0 Å². The minimum Gasteiger partial charge on any atom is -0.265 e. The first-order valence-electron chi connectivity index (χ1n) is 17.4. The van der Waals surface area contributed by atoms with Gasteiger partial charge in [0.25, 0.3) is 0 Å². The fourth-order valence-electron chi connectivity index (χ4n) is 7.66. The maximum atomic E-state index is 5.22. The molecule has 50 heavy (non-hydrogen) atoms. The largest absolute Gasteiger partial charge is 0.265 e. The third-order valence-electron chi connectivity index (χ3n) is 9.88. The monoisotopic (exact) mass is 642 g/mol. The molecule has 1 aliphatic carbocycles. The van der Waals surface area contributed by atoms with E-state index in [4.69, 9.17) is 4.98 Å². The summed E-state index contributed by atoms with van der Waals surface area (Å²) in [6, 6.07) is 54.9. The lowest BCUT2D eigenvalue weighted by atomic mass is 9.68. The smallest absolute Gasteiger partial charge is 0.0715 e. The molecule has 0 saturated carbocycles. The number of hydrogen-bond donors (Lipinski definition) is 0. The molecule has 1 unspecified atom stereocenters. The summed E-state index contributed by atoms with van der Waals surface area (Å²) in [5, 5.41) is 0. The summed E-state index contributed by atoms with van der Waals surface area (Å²) in [7, 11) is 0. The van der Waals surface area contributed by atoms with E-state index in [-0.39, 0.29) is 0 Å². The van der Waals surface area contributed by atoms with E-state index in [1.54, 1.807) is 0 Å². The second kappa shape index (κ2) is 13.4. The summed E-state index contributed by atoms with van der Waals surface area (Å²) in [6.45, 7) is 4.24. The van der Waals surface area contributed by atoms with E-state index in [9.17, 15) is 0 Å². The average Bonchev–Trinajstić information content (AvgIpc) is 3.49. The number of rotatable bonds is 8. The molecule has 0 spiro atoms. The molecule has 2 nitrogen and oxygen atoms in total. The van der Waals surface area contributed by atoms with E-state index < -0.39 is 5.41 Å². The van der Waals surface area contributed by atoms with Gasteiger partial charge in [0, 0.05) is 23.5 Å². The lowest BCUT2D eigenvalue weighted by Crippen LogP contribution is -2.28. The van der Waals surface area contributed by atoms with Gasteiger partial charge in [0.1, 0.15) is 0 Å². The van der Waals surface area contributed by atoms with Crippen LogP contribution in [-0.2, 0) is 5.41 Å². The number of aromatic nitrogens is 2. The zero-order valence-corrected chi connectivity index (χ0v) is 28.4. The van der Waals surface area contributed by atoms with Crippen LogP contribution in [0, 0.1) is 0 Å². The van der Waals surface area contributed by atoms with Crippen LogP contribution in [0.2, 0.25) is 0 Å². The minimum absolute atomic E-state index is 0.451. The van der Waals surface area contributed by atoms with Crippen molar-refractivity contribution in [3.8, 4) is 44.8 Å². The van der Waals surface area contributed by atoms with Crippen molar-refractivity contribution in [2.75, 3.05) is 0 Å². The van der Waals surface area contributed by atoms with Gasteiger partial charge in [-0.1, -0.05) is 146 Å². The second-order valence-electron chi connectivity index (χ2n) is 12.8. The molecular weight excluding hydrogens is 605 g/mol. The molecule has 2 aromatic heterocycles. The fraction of sp³-hybridized carbons (Fsp3) is 0.0833. The summed E-state index contributed by atoms with van der Waals surface area (Å²) in [5.41, 5.74) is 16.0. The highest BCUT2D eigenvalue weighted by atomic mass is 14.7. The molecule has 0 saturated heterocycles. The Bertz CT molecular complexity index is 2300. The van der Waals surface area contributed by atoms with Crippen LogP contribution in [0.1, 0.15) is 48.1 Å². The summed E-state index contributed by atoms with van der Waals surface area (Å²) in [5.74, 6) is 0. The topological polar surface area (TPSA) is 25.8 Å². The molecule has 1 atom stereocenters. The summed E-state index contributed by atoms with van der Waals surface area (Å²) in [6.07, 6.45) is 11.4. The Balaban J connectivity index is 1.31. The Labute approximate surface area is 295 Å². The molecule has 0 fully saturated rings. The molecule has 2 heterocycles. The van der Waals surface area contributed by atoms with E-state index in [0.717, 1.165) is 40.1 Å². The van der Waals surface area contributed by atoms with Gasteiger partial charge < -0.3 is 0 Å². The Morgan fingerprint density at radius 3 is 1.86 bits per heavy atom. The molecule has 2 heteroatoms. The number of pyridine rings is 2. The predicted octanol–water partition coefficient (Wildman–Crippen LogP) is 12.2. The molecule has 240 valence electrons. The van der Waals surface area contributed by atoms with Crippen molar-refractivity contribution >= 4 is 5.57 Å². The molecule has 0 aliphatic heterocycles. The molecule has 8 rings (SSSR count). The van der Waals surface area contributed by atoms with Gasteiger partial charge >= 0.3 is 0 Å². The molecule has 0 bridgehead atoms. The minimum atomic E-state index is -0.451. The lowest BCUT2D eigenvalue weighted by molar-refractivity contribution is 0.766. The SMILES string of the molecule is C/C=C\C(=C/CC)c1ccc(-c2cc(-c3ccc4c(c3)-c3ccccc3C4(c3ccccc3)c3ccncc3)cc(-c3ccccc3)n2)cc1. The molecule has 0 N–H and O–H groups in total. The number of benzene rings is 5. The first kappa shape index (κ1) is 31.2. The van der Waals surface area contributed by atoms with E-state index in [1.807, 2.05) is 12.4 Å². The Morgan fingerprint density at radius 2 is 1.16 bits per heavy atom. The van der Waals surface area contributed by atoms with Crippen molar-refractivity contribution in [2.45, 2.75) is 25.7 Å². The van der Waals surface area contributed by atoms with Crippen LogP contribution in [0.15, 0.2) is 182 Å². The predicted molar refractivity (Wildman–Crippen MR) is 209 cm³/mol. The molecule has 1 aliphatic rings. The zero-order chi connectivity index (χ0) is 33.9. The maximum absolute atomic E-state index is 5.22. The van der Waals surface area contributed by atoms with Crippen molar-refractivity contribution in [3.63, 3.8) is 0 Å². The molecule has 0 radical (unpaired) electrons. The van der Waals surface area contributed by atoms with Crippen LogP contribution in [0.4, 0.5) is 0 Å². The van der Waals surface area contributed by atoms with Crippen molar-refractivity contribution in [2.24, 2.45) is 0 Å². The average molecular weight is 643 g/mol. The van der Waals surface area contributed by atoms with Crippen LogP contribution in [0.25, 0.3) is 50.3 Å². The molecular formula is C48H38N2. The van der Waals surface area contributed by atoms with E-state index in [1.165, 1.54) is 44.5 Å². The molecule has 5 aromatic carbocycles. The first-order valence-corrected chi connectivity index (χ1v) is 17.4. The number of nitrogens with zero attached hydrogens (tertiary/aromatic N) is 2. The van der Waals surface area contributed by atoms with Crippen molar-refractivity contribution in [1.29, 1.82) is 0 Å².